The van der Waals surface area contributed by atoms with Gasteiger partial charge in [-0.15, -0.1) is 0 Å². The van der Waals surface area contributed by atoms with Gasteiger partial charge in [-0.1, -0.05) is 0 Å². The number of ether oxygens (including phenoxy) is 2. The summed E-state index contributed by atoms with van der Waals surface area (Å²) >= 11 is 0. The number of benzene rings is 1. The summed E-state index contributed by atoms with van der Waals surface area (Å²) in [6.07, 6.45) is 2.70. The van der Waals surface area contributed by atoms with Crippen molar-refractivity contribution in [2.45, 2.75) is 12.3 Å². The molecule has 0 aliphatic carbocycles. The van der Waals surface area contributed by atoms with Crippen molar-refractivity contribution in [1.29, 1.82) is 0 Å². The third kappa shape index (κ3) is 2.12. The van der Waals surface area contributed by atoms with Crippen LogP contribution >= 0.6 is 0 Å². The summed E-state index contributed by atoms with van der Waals surface area (Å²) in [4.78, 5) is 14.4. The summed E-state index contributed by atoms with van der Waals surface area (Å²) in [6.45, 7) is 1.70. The molecule has 2 aliphatic heterocycles. The zero-order chi connectivity index (χ0) is 14.2. The molecule has 0 spiro atoms. The van der Waals surface area contributed by atoms with Crippen LogP contribution in [0, 0.1) is 0 Å². The van der Waals surface area contributed by atoms with Crippen molar-refractivity contribution in [3.8, 4) is 11.5 Å². The summed E-state index contributed by atoms with van der Waals surface area (Å²) in [5.74, 6) is 1.72. The van der Waals surface area contributed by atoms with Crippen molar-refractivity contribution in [2.24, 2.45) is 0 Å². The maximum absolute atomic E-state index is 12.6. The van der Waals surface area contributed by atoms with Crippen LogP contribution in [-0.4, -0.2) is 40.9 Å². The van der Waals surface area contributed by atoms with Crippen LogP contribution in [0.4, 0.5) is 0 Å². The van der Waals surface area contributed by atoms with Gasteiger partial charge in [0.15, 0.2) is 11.5 Å². The van der Waals surface area contributed by atoms with Gasteiger partial charge in [0.1, 0.15) is 0 Å². The average Bonchev–Trinajstić information content (AvgIpc) is 3.24. The molecular weight excluding hydrogens is 270 g/mol. The van der Waals surface area contributed by atoms with Crippen molar-refractivity contribution in [3.63, 3.8) is 0 Å². The molecule has 21 heavy (non-hydrogen) atoms. The number of nitrogens with one attached hydrogen (secondary N) is 1. The summed E-state index contributed by atoms with van der Waals surface area (Å²) in [5.41, 5.74) is 1.74. The predicted molar refractivity (Wildman–Crippen MR) is 74.4 cm³/mol. The van der Waals surface area contributed by atoms with Gasteiger partial charge in [0, 0.05) is 36.5 Å². The number of aromatic nitrogens is 2. The maximum atomic E-state index is 12.6. The van der Waals surface area contributed by atoms with Crippen LogP contribution in [0.15, 0.2) is 30.5 Å². The molecule has 1 atom stereocenters. The Morgan fingerprint density at radius 1 is 1.29 bits per heavy atom. The first-order valence-corrected chi connectivity index (χ1v) is 6.99. The minimum atomic E-state index is 0.0373. The van der Waals surface area contributed by atoms with Crippen LogP contribution in [-0.2, 0) is 0 Å². The van der Waals surface area contributed by atoms with E-state index in [-0.39, 0.29) is 12.7 Å². The Hall–Kier alpha value is -2.50. The Morgan fingerprint density at radius 2 is 2.19 bits per heavy atom. The number of likely N-dealkylation sites (tertiary alicyclic amines) is 1. The van der Waals surface area contributed by atoms with E-state index in [0.717, 1.165) is 25.2 Å². The molecule has 108 valence electrons. The van der Waals surface area contributed by atoms with Crippen LogP contribution in [0.2, 0.25) is 0 Å². The summed E-state index contributed by atoms with van der Waals surface area (Å²) in [5, 5.41) is 6.96. The van der Waals surface area contributed by atoms with Gasteiger partial charge in [-0.2, -0.15) is 5.10 Å². The fourth-order valence-electron chi connectivity index (χ4n) is 2.90. The van der Waals surface area contributed by atoms with E-state index in [1.54, 1.807) is 24.4 Å². The molecule has 4 rings (SSSR count). The van der Waals surface area contributed by atoms with E-state index in [4.69, 9.17) is 9.47 Å². The largest absolute Gasteiger partial charge is 0.454 e. The molecule has 0 saturated carbocycles. The first-order valence-electron chi connectivity index (χ1n) is 6.99. The molecule has 1 fully saturated rings. The smallest absolute Gasteiger partial charge is 0.254 e. The monoisotopic (exact) mass is 285 g/mol. The van der Waals surface area contributed by atoms with E-state index in [1.165, 1.54) is 0 Å². The minimum absolute atomic E-state index is 0.0373. The van der Waals surface area contributed by atoms with Crippen molar-refractivity contribution in [1.82, 2.24) is 15.1 Å². The van der Waals surface area contributed by atoms with Gasteiger partial charge in [-0.25, -0.2) is 0 Å². The van der Waals surface area contributed by atoms with Gasteiger partial charge in [0.05, 0.1) is 0 Å². The van der Waals surface area contributed by atoms with Gasteiger partial charge in [0.25, 0.3) is 5.91 Å². The molecular formula is C15H15N3O3. The van der Waals surface area contributed by atoms with Gasteiger partial charge >= 0.3 is 0 Å². The van der Waals surface area contributed by atoms with Crippen LogP contribution in [0.5, 0.6) is 11.5 Å². The third-order valence-electron chi connectivity index (χ3n) is 4.06. The molecule has 1 aromatic carbocycles. The maximum Gasteiger partial charge on any atom is 0.254 e. The molecule has 1 aromatic heterocycles. The molecule has 3 heterocycles. The van der Waals surface area contributed by atoms with E-state index < -0.39 is 0 Å². The van der Waals surface area contributed by atoms with Crippen molar-refractivity contribution in [2.75, 3.05) is 19.9 Å². The molecule has 2 aliphatic rings. The van der Waals surface area contributed by atoms with E-state index in [0.29, 0.717) is 23.0 Å². The number of hydrogen-bond donors (Lipinski definition) is 1. The zero-order valence-electron chi connectivity index (χ0n) is 11.4. The number of nitrogens with zero attached hydrogens (tertiary/aromatic N) is 2. The lowest BCUT2D eigenvalue weighted by Gasteiger charge is -2.16. The van der Waals surface area contributed by atoms with E-state index in [2.05, 4.69) is 10.2 Å². The number of hydrogen-bond acceptors (Lipinski definition) is 4. The van der Waals surface area contributed by atoms with Crippen LogP contribution < -0.4 is 9.47 Å². The third-order valence-corrected chi connectivity index (χ3v) is 4.06. The van der Waals surface area contributed by atoms with Gasteiger partial charge in [-0.05, 0) is 30.7 Å². The number of amides is 1. The molecule has 1 N–H and O–H groups in total. The lowest BCUT2D eigenvalue weighted by atomic mass is 10.1. The highest BCUT2D eigenvalue weighted by Gasteiger charge is 2.29. The standard InChI is InChI=1S/C15H15N3O3/c19-15(10-1-2-13-14(7-10)21-9-20-13)18-6-4-11(8-18)12-3-5-16-17-12/h1-3,5,7,11H,4,6,8-9H2,(H,16,17)/t11-/m0/s1. The van der Waals surface area contributed by atoms with Crippen LogP contribution in [0.25, 0.3) is 0 Å². The normalized spacial score (nSPS) is 20.0. The number of aromatic amines is 1. The Labute approximate surface area is 121 Å². The SMILES string of the molecule is O=C(c1ccc2c(c1)OCO2)N1CC[C@H](c2ccn[nH]2)C1. The first kappa shape index (κ1) is 12.3. The fourth-order valence-corrected chi connectivity index (χ4v) is 2.90. The summed E-state index contributed by atoms with van der Waals surface area (Å²) < 4.78 is 10.6. The topological polar surface area (TPSA) is 67.5 Å². The second-order valence-corrected chi connectivity index (χ2v) is 5.32. The molecule has 6 nitrogen and oxygen atoms in total. The van der Waals surface area contributed by atoms with Gasteiger partial charge in [0.2, 0.25) is 6.79 Å². The lowest BCUT2D eigenvalue weighted by Crippen LogP contribution is -2.28. The quantitative estimate of drug-likeness (QED) is 0.913. The Bertz CT molecular complexity index is 669. The summed E-state index contributed by atoms with van der Waals surface area (Å²) in [7, 11) is 0. The minimum Gasteiger partial charge on any atom is -0.454 e. The molecule has 2 aromatic rings. The Balaban J connectivity index is 1.51. The number of fused-ring (bicyclic) bond motifs is 1. The molecule has 0 bridgehead atoms. The Morgan fingerprint density at radius 3 is 3.05 bits per heavy atom. The van der Waals surface area contributed by atoms with Crippen molar-refractivity contribution >= 4 is 5.91 Å². The molecule has 0 radical (unpaired) electrons. The molecule has 1 saturated heterocycles. The number of rotatable bonds is 2. The van der Waals surface area contributed by atoms with Gasteiger partial charge in [-0.3, -0.25) is 9.89 Å². The highest BCUT2D eigenvalue weighted by Crippen LogP contribution is 2.33. The second-order valence-electron chi connectivity index (χ2n) is 5.32. The number of carbonyl (C=O) groups is 1. The van der Waals surface area contributed by atoms with Crippen LogP contribution in [0.1, 0.15) is 28.4 Å². The number of H-pyrrole nitrogens is 1. The zero-order valence-corrected chi connectivity index (χ0v) is 11.4. The highest BCUT2D eigenvalue weighted by molar-refractivity contribution is 5.95. The Kier molecular flexibility index (Phi) is 2.80. The average molecular weight is 285 g/mol. The van der Waals surface area contributed by atoms with E-state index in [1.807, 2.05) is 11.0 Å². The molecule has 1 amide bonds. The van der Waals surface area contributed by atoms with Crippen molar-refractivity contribution < 1.29 is 14.3 Å². The highest BCUT2D eigenvalue weighted by atomic mass is 16.7. The fraction of sp³-hybridized carbons (Fsp3) is 0.333. The van der Waals surface area contributed by atoms with Crippen LogP contribution in [0.3, 0.4) is 0 Å². The predicted octanol–water partition coefficient (Wildman–Crippen LogP) is 1.77. The second kappa shape index (κ2) is 4.80. The number of carbonyl (C=O) groups excluding carboxylic acids is 1. The van der Waals surface area contributed by atoms with Gasteiger partial charge < -0.3 is 14.4 Å². The lowest BCUT2D eigenvalue weighted by molar-refractivity contribution is 0.0790. The van der Waals surface area contributed by atoms with E-state index >= 15 is 0 Å². The van der Waals surface area contributed by atoms with E-state index in [9.17, 15) is 4.79 Å². The summed E-state index contributed by atoms with van der Waals surface area (Å²) in [6, 6.07) is 7.31. The first-order chi connectivity index (χ1) is 10.3. The molecule has 0 unspecified atom stereocenters. The molecule has 6 heteroatoms. The van der Waals surface area contributed by atoms with Crippen molar-refractivity contribution in [3.05, 3.63) is 41.7 Å².